The third-order valence-electron chi connectivity index (χ3n) is 11.9. The molecule has 4 aromatic carbocycles. The molecule has 0 heterocycles. The van der Waals surface area contributed by atoms with E-state index in [1.165, 1.54) is 57.0 Å². The first-order chi connectivity index (χ1) is 21.6. The Kier molecular flexibility index (Phi) is 8.59. The molecule has 0 aliphatic heterocycles. The fourth-order valence-electron chi connectivity index (χ4n) is 8.52. The van der Waals surface area contributed by atoms with Gasteiger partial charge in [-0.2, -0.15) is 0 Å². The van der Waals surface area contributed by atoms with E-state index in [4.69, 9.17) is 0 Å². The van der Waals surface area contributed by atoms with E-state index in [2.05, 4.69) is 174 Å². The Balaban J connectivity index is 1.47. The van der Waals surface area contributed by atoms with Gasteiger partial charge < -0.3 is 0 Å². The molecule has 0 N–H and O–H groups in total. The van der Waals surface area contributed by atoms with Gasteiger partial charge in [-0.25, -0.2) is 0 Å². The van der Waals surface area contributed by atoms with Crippen LogP contribution in [0, 0.1) is 0 Å². The summed E-state index contributed by atoms with van der Waals surface area (Å²) >= 11 is -3.81. The van der Waals surface area contributed by atoms with Gasteiger partial charge in [-0.3, -0.25) is 0 Å². The molecule has 0 saturated heterocycles. The van der Waals surface area contributed by atoms with Crippen molar-refractivity contribution in [1.82, 2.24) is 0 Å². The van der Waals surface area contributed by atoms with E-state index in [1.54, 1.807) is 11.1 Å². The summed E-state index contributed by atoms with van der Waals surface area (Å²) in [5, 5.41) is 0. The third kappa shape index (κ3) is 5.56. The van der Waals surface area contributed by atoms with Gasteiger partial charge in [-0.1, -0.05) is 0 Å². The maximum absolute atomic E-state index is 3.81. The van der Waals surface area contributed by atoms with Gasteiger partial charge in [0.05, 0.1) is 0 Å². The van der Waals surface area contributed by atoms with E-state index in [0.29, 0.717) is 7.35 Å². The van der Waals surface area contributed by atoms with E-state index in [9.17, 15) is 0 Å². The second kappa shape index (κ2) is 11.8. The zero-order valence-corrected chi connectivity index (χ0v) is 34.6. The molecule has 0 radical (unpaired) electrons. The van der Waals surface area contributed by atoms with Gasteiger partial charge in [-0.15, -0.1) is 0 Å². The second-order valence-corrected chi connectivity index (χ2v) is 64.5. The van der Waals surface area contributed by atoms with Crippen LogP contribution in [0.3, 0.4) is 0 Å². The van der Waals surface area contributed by atoms with Crippen LogP contribution in [0.2, 0.25) is 22.0 Å². The molecule has 0 nitrogen and oxygen atoms in total. The second-order valence-electron chi connectivity index (χ2n) is 17.1. The standard InChI is InChI=1S/2C19H19.C4H10Si.2CH3.Hf/c2*1-19(2,3)16-12-10-15(11-13-16)18-9-5-7-14-6-4-8-17(14)18;1-3-4-5-2;;;/h2*4-13H,1-3H3;3-4H2,1-2H3;2*1H3;. The van der Waals surface area contributed by atoms with Gasteiger partial charge in [0.15, 0.2) is 0 Å². The molecular weight excluding hydrogens is 735 g/mol. The van der Waals surface area contributed by atoms with Crippen molar-refractivity contribution < 1.29 is 17.1 Å². The molecule has 0 spiro atoms. The molecule has 2 aliphatic rings. The van der Waals surface area contributed by atoms with Crippen LogP contribution in [0.1, 0.15) is 95.6 Å². The van der Waals surface area contributed by atoms with E-state index in [0.717, 1.165) is 0 Å². The Morgan fingerprint density at radius 1 is 0.587 bits per heavy atom. The Morgan fingerprint density at radius 2 is 0.978 bits per heavy atom. The molecule has 4 aromatic rings. The van der Waals surface area contributed by atoms with Gasteiger partial charge in [0.2, 0.25) is 0 Å². The number of hydrogen-bond donors (Lipinski definition) is 0. The van der Waals surface area contributed by atoms with Crippen molar-refractivity contribution in [3.05, 3.63) is 130 Å². The Hall–Kier alpha value is -2.55. The quantitative estimate of drug-likeness (QED) is 0.171. The fraction of sp³-hybridized carbons (Fsp3) is 0.364. The van der Waals surface area contributed by atoms with Crippen LogP contribution in [-0.4, -0.2) is 5.49 Å². The van der Waals surface area contributed by atoms with Crippen molar-refractivity contribution in [2.24, 2.45) is 0 Å². The average molecular weight is 789 g/mol. The third-order valence-corrected chi connectivity index (χ3v) is 70.0. The van der Waals surface area contributed by atoms with Crippen molar-refractivity contribution in [3.63, 3.8) is 0 Å². The molecule has 0 fully saturated rings. The molecule has 2 unspecified atom stereocenters. The van der Waals surface area contributed by atoms with Crippen molar-refractivity contribution in [2.45, 2.75) is 95.0 Å². The molecule has 2 aliphatic carbocycles. The molecule has 0 amide bonds. The Labute approximate surface area is 280 Å². The van der Waals surface area contributed by atoms with Crippen molar-refractivity contribution in [1.29, 1.82) is 0 Å². The van der Waals surface area contributed by atoms with Crippen LogP contribution in [0.4, 0.5) is 0 Å². The number of benzene rings is 4. The summed E-state index contributed by atoms with van der Waals surface area (Å²) in [7, 11) is 0. The van der Waals surface area contributed by atoms with E-state index in [-0.39, 0.29) is 10.8 Å². The SMILES string of the molecule is CCC[Si](C)=[Hf]([CH3])([CH3])([CH]1C=Cc2c(-c3ccc(C(C)(C)C)cc3)cccc21)[CH]1C=Cc2c(-c3ccc(C(C)(C)C)cc3)cccc21. The average Bonchev–Trinajstić information content (AvgIpc) is 3.67. The summed E-state index contributed by atoms with van der Waals surface area (Å²) in [6, 6.07) is 34.4. The van der Waals surface area contributed by atoms with E-state index in [1.807, 2.05) is 0 Å². The van der Waals surface area contributed by atoms with Crippen molar-refractivity contribution in [3.8, 4) is 22.3 Å². The zero-order chi connectivity index (χ0) is 33.1. The predicted octanol–water partition coefficient (Wildman–Crippen LogP) is 13.3. The van der Waals surface area contributed by atoms with Gasteiger partial charge in [0.25, 0.3) is 0 Å². The van der Waals surface area contributed by atoms with Gasteiger partial charge >= 0.3 is 283 Å². The first-order valence-corrected chi connectivity index (χ1v) is 36.4. The molecule has 0 bridgehead atoms. The van der Waals surface area contributed by atoms with Crippen LogP contribution >= 0.6 is 0 Å². The zero-order valence-electron chi connectivity index (χ0n) is 30.0. The first-order valence-electron chi connectivity index (χ1n) is 17.5. The summed E-state index contributed by atoms with van der Waals surface area (Å²) in [6.07, 6.45) is 11.6. The normalized spacial score (nSPS) is 17.7. The summed E-state index contributed by atoms with van der Waals surface area (Å²) in [5.41, 5.74) is 14.1. The molecule has 0 aromatic heterocycles. The van der Waals surface area contributed by atoms with Crippen LogP contribution in [0.25, 0.3) is 34.4 Å². The molecule has 46 heavy (non-hydrogen) atoms. The number of fused-ring (bicyclic) bond motifs is 2. The molecule has 0 saturated carbocycles. The van der Waals surface area contributed by atoms with Gasteiger partial charge in [-0.05, 0) is 0 Å². The molecule has 6 rings (SSSR count). The van der Waals surface area contributed by atoms with Crippen LogP contribution in [-0.2, 0) is 28.0 Å². The molecular formula is C44H54HfSi. The summed E-state index contributed by atoms with van der Waals surface area (Å²) in [4.78, 5) is 0. The summed E-state index contributed by atoms with van der Waals surface area (Å²) in [6.45, 7) is 18.9. The van der Waals surface area contributed by atoms with Crippen molar-refractivity contribution >= 4 is 17.6 Å². The minimum atomic E-state index is -3.81. The fourth-order valence-corrected chi connectivity index (χ4v) is 52.9. The number of rotatable bonds is 6. The number of hydrogen-bond acceptors (Lipinski definition) is 0. The van der Waals surface area contributed by atoms with E-state index < -0.39 is 22.6 Å². The topological polar surface area (TPSA) is 0 Å². The Morgan fingerprint density at radius 3 is 1.33 bits per heavy atom. The maximum atomic E-state index is 2.87. The van der Waals surface area contributed by atoms with E-state index >= 15 is 0 Å². The molecule has 2 heteroatoms. The van der Waals surface area contributed by atoms with Crippen LogP contribution in [0.5, 0.6) is 0 Å². The monoisotopic (exact) mass is 790 g/mol. The summed E-state index contributed by atoms with van der Waals surface area (Å²) in [5.74, 6) is 0. The van der Waals surface area contributed by atoms with Crippen LogP contribution < -0.4 is 0 Å². The molecule has 238 valence electrons. The van der Waals surface area contributed by atoms with Crippen LogP contribution in [0.15, 0.2) is 97.1 Å². The summed E-state index contributed by atoms with van der Waals surface area (Å²) < 4.78 is 6.85. The minimum absolute atomic E-state index is 0.160. The van der Waals surface area contributed by atoms with Gasteiger partial charge in [0.1, 0.15) is 0 Å². The number of allylic oxidation sites excluding steroid dienone is 2. The Bertz CT molecular complexity index is 1780. The molecule has 2 atom stereocenters. The van der Waals surface area contributed by atoms with Crippen molar-refractivity contribution in [2.75, 3.05) is 0 Å². The van der Waals surface area contributed by atoms with Gasteiger partial charge in [0, 0.05) is 0 Å². The first kappa shape index (κ1) is 33.4. The predicted molar refractivity (Wildman–Crippen MR) is 203 cm³/mol.